The van der Waals surface area contributed by atoms with Crippen molar-refractivity contribution in [2.45, 2.75) is 38.9 Å². The molecule has 1 aliphatic heterocycles. The Hall–Kier alpha value is -0.625. The second kappa shape index (κ2) is 5.18. The molecule has 1 saturated heterocycles. The lowest BCUT2D eigenvalue weighted by atomic mass is 9.76. The molecule has 23 heavy (non-hydrogen) atoms. The van der Waals surface area contributed by atoms with Crippen molar-refractivity contribution in [3.63, 3.8) is 0 Å². The van der Waals surface area contributed by atoms with Gasteiger partial charge in [-0.25, -0.2) is 0 Å². The van der Waals surface area contributed by atoms with Crippen LogP contribution < -0.4 is 5.46 Å². The fourth-order valence-corrected chi connectivity index (χ4v) is 4.83. The third-order valence-electron chi connectivity index (χ3n) is 5.02. The third-order valence-corrected chi connectivity index (χ3v) is 7.10. The molecule has 2 heterocycles. The van der Waals surface area contributed by atoms with Crippen LogP contribution in [0, 0.1) is 3.57 Å². The van der Waals surface area contributed by atoms with Crippen molar-refractivity contribution in [3.05, 3.63) is 40.0 Å². The largest absolute Gasteiger partial charge is 0.496 e. The van der Waals surface area contributed by atoms with Gasteiger partial charge in [0, 0.05) is 29.2 Å². The molecule has 0 saturated carbocycles. The zero-order valence-corrected chi connectivity index (χ0v) is 16.6. The molecule has 0 N–H and O–H groups in total. The van der Waals surface area contributed by atoms with Crippen LogP contribution in [-0.4, -0.2) is 18.3 Å². The van der Waals surface area contributed by atoms with E-state index in [2.05, 4.69) is 86.7 Å². The van der Waals surface area contributed by atoms with E-state index in [1.165, 1.54) is 29.2 Å². The highest BCUT2D eigenvalue weighted by molar-refractivity contribution is 14.1. The van der Waals surface area contributed by atoms with Crippen molar-refractivity contribution >= 4 is 66.7 Å². The van der Waals surface area contributed by atoms with Crippen LogP contribution in [0.4, 0.5) is 0 Å². The topological polar surface area (TPSA) is 18.5 Å². The summed E-state index contributed by atoms with van der Waals surface area (Å²) < 4.78 is 16.5. The Bertz CT molecular complexity index is 900. The highest BCUT2D eigenvalue weighted by Crippen LogP contribution is 2.39. The van der Waals surface area contributed by atoms with Gasteiger partial charge in [0.15, 0.2) is 0 Å². The summed E-state index contributed by atoms with van der Waals surface area (Å²) in [4.78, 5) is 0. The highest BCUT2D eigenvalue weighted by atomic mass is 127. The Morgan fingerprint density at radius 2 is 1.57 bits per heavy atom. The van der Waals surface area contributed by atoms with Gasteiger partial charge in [0.05, 0.1) is 11.2 Å². The molecule has 1 aromatic heterocycles. The van der Waals surface area contributed by atoms with Crippen LogP contribution in [-0.2, 0) is 9.31 Å². The SMILES string of the molecule is CC1(C)OB(c2c(I)ccc3sc4ccccc4c23)OC1(C)C. The number of thiophene rings is 1. The normalized spacial score (nSPS) is 19.8. The molecule has 2 aromatic carbocycles. The lowest BCUT2D eigenvalue weighted by Gasteiger charge is -2.32. The Balaban J connectivity index is 1.99. The number of rotatable bonds is 1. The Morgan fingerprint density at radius 3 is 2.26 bits per heavy atom. The van der Waals surface area contributed by atoms with Crippen LogP contribution in [0.3, 0.4) is 0 Å². The summed E-state index contributed by atoms with van der Waals surface area (Å²) >= 11 is 4.23. The van der Waals surface area contributed by atoms with Crippen molar-refractivity contribution in [2.75, 3.05) is 0 Å². The minimum atomic E-state index is -0.325. The molecule has 0 radical (unpaired) electrons. The first kappa shape index (κ1) is 15.9. The van der Waals surface area contributed by atoms with Crippen molar-refractivity contribution in [1.82, 2.24) is 0 Å². The minimum absolute atomic E-state index is 0.325. The zero-order chi connectivity index (χ0) is 16.4. The fourth-order valence-electron chi connectivity index (χ4n) is 3.01. The lowest BCUT2D eigenvalue weighted by Crippen LogP contribution is -2.41. The molecule has 4 rings (SSSR count). The first-order valence-electron chi connectivity index (χ1n) is 7.75. The fraction of sp³-hybridized carbons (Fsp3) is 0.333. The van der Waals surface area contributed by atoms with Gasteiger partial charge >= 0.3 is 7.12 Å². The summed E-state index contributed by atoms with van der Waals surface area (Å²) in [5.41, 5.74) is 0.517. The molecule has 0 bridgehead atoms. The van der Waals surface area contributed by atoms with Crippen LogP contribution in [0.1, 0.15) is 27.7 Å². The zero-order valence-electron chi connectivity index (χ0n) is 13.6. The van der Waals surface area contributed by atoms with E-state index >= 15 is 0 Å². The van der Waals surface area contributed by atoms with Crippen molar-refractivity contribution < 1.29 is 9.31 Å². The molecular formula is C18H18BIO2S. The van der Waals surface area contributed by atoms with E-state index in [0.717, 1.165) is 0 Å². The van der Waals surface area contributed by atoms with Gasteiger partial charge in [-0.1, -0.05) is 18.2 Å². The Labute approximate surface area is 154 Å². The predicted octanol–water partition coefficient (Wildman–Crippen LogP) is 4.96. The second-order valence-corrected chi connectivity index (χ2v) is 9.27. The molecule has 0 amide bonds. The van der Waals surface area contributed by atoms with E-state index in [0.29, 0.717) is 0 Å². The van der Waals surface area contributed by atoms with Gasteiger partial charge < -0.3 is 9.31 Å². The summed E-state index contributed by atoms with van der Waals surface area (Å²) in [5.74, 6) is 0. The molecule has 1 aliphatic rings. The maximum atomic E-state index is 6.33. The van der Waals surface area contributed by atoms with Gasteiger partial charge in [0.2, 0.25) is 0 Å². The average molecular weight is 436 g/mol. The summed E-state index contributed by atoms with van der Waals surface area (Å²) in [5, 5.41) is 2.56. The van der Waals surface area contributed by atoms with Crippen LogP contribution in [0.5, 0.6) is 0 Å². The van der Waals surface area contributed by atoms with Gasteiger partial charge in [-0.3, -0.25) is 0 Å². The first-order chi connectivity index (χ1) is 10.8. The van der Waals surface area contributed by atoms with E-state index in [1.807, 2.05) is 11.3 Å². The molecule has 0 atom stereocenters. The number of fused-ring (bicyclic) bond motifs is 3. The first-order valence-corrected chi connectivity index (χ1v) is 9.65. The molecule has 0 unspecified atom stereocenters. The summed E-state index contributed by atoms with van der Waals surface area (Å²) in [6, 6.07) is 12.9. The van der Waals surface area contributed by atoms with Gasteiger partial charge in [-0.05, 0) is 68.5 Å². The average Bonchev–Trinajstić information content (AvgIpc) is 2.94. The van der Waals surface area contributed by atoms with Crippen LogP contribution in [0.2, 0.25) is 0 Å². The number of benzene rings is 2. The van der Waals surface area contributed by atoms with Crippen molar-refractivity contribution in [2.24, 2.45) is 0 Å². The minimum Gasteiger partial charge on any atom is -0.399 e. The van der Waals surface area contributed by atoms with Gasteiger partial charge in [0.1, 0.15) is 0 Å². The predicted molar refractivity (Wildman–Crippen MR) is 108 cm³/mol. The molecule has 3 aromatic rings. The maximum absolute atomic E-state index is 6.33. The maximum Gasteiger partial charge on any atom is 0.496 e. The van der Waals surface area contributed by atoms with E-state index < -0.39 is 0 Å². The Morgan fingerprint density at radius 1 is 0.913 bits per heavy atom. The Kier molecular flexibility index (Phi) is 3.58. The second-order valence-electron chi connectivity index (χ2n) is 7.02. The van der Waals surface area contributed by atoms with Crippen LogP contribution in [0.25, 0.3) is 20.2 Å². The van der Waals surface area contributed by atoms with E-state index in [9.17, 15) is 0 Å². The number of halogens is 1. The van der Waals surface area contributed by atoms with Crippen molar-refractivity contribution in [3.8, 4) is 0 Å². The van der Waals surface area contributed by atoms with Gasteiger partial charge in [-0.2, -0.15) is 0 Å². The summed E-state index contributed by atoms with van der Waals surface area (Å²) in [6.07, 6.45) is 0. The molecule has 5 heteroatoms. The van der Waals surface area contributed by atoms with E-state index in [-0.39, 0.29) is 18.3 Å². The summed E-state index contributed by atoms with van der Waals surface area (Å²) in [7, 11) is -0.325. The third kappa shape index (κ3) is 2.35. The lowest BCUT2D eigenvalue weighted by molar-refractivity contribution is 0.00578. The molecule has 2 nitrogen and oxygen atoms in total. The number of hydrogen-bond acceptors (Lipinski definition) is 3. The molecule has 0 spiro atoms. The number of hydrogen-bond donors (Lipinski definition) is 0. The monoisotopic (exact) mass is 436 g/mol. The standard InChI is InChI=1S/C18H18BIO2S/c1-17(2)18(3,4)22-19(21-17)16-12(20)9-10-14-15(16)11-7-5-6-8-13(11)23-14/h5-10H,1-4H3. The van der Waals surface area contributed by atoms with E-state index in [4.69, 9.17) is 9.31 Å². The van der Waals surface area contributed by atoms with E-state index in [1.54, 1.807) is 0 Å². The quantitative estimate of drug-likeness (QED) is 0.397. The smallest absolute Gasteiger partial charge is 0.399 e. The van der Waals surface area contributed by atoms with Gasteiger partial charge in [0.25, 0.3) is 0 Å². The van der Waals surface area contributed by atoms with Crippen molar-refractivity contribution in [1.29, 1.82) is 0 Å². The molecule has 1 fully saturated rings. The summed E-state index contributed by atoms with van der Waals surface area (Å²) in [6.45, 7) is 8.41. The molecule has 118 valence electrons. The van der Waals surface area contributed by atoms with Gasteiger partial charge in [-0.15, -0.1) is 11.3 Å². The van der Waals surface area contributed by atoms with Crippen LogP contribution >= 0.6 is 33.9 Å². The highest BCUT2D eigenvalue weighted by Gasteiger charge is 2.52. The molecule has 0 aliphatic carbocycles. The van der Waals surface area contributed by atoms with Crippen LogP contribution in [0.15, 0.2) is 36.4 Å². The molecular weight excluding hydrogens is 418 g/mol.